The Bertz CT molecular complexity index is 327. The van der Waals surface area contributed by atoms with E-state index in [4.69, 9.17) is 14.2 Å². The summed E-state index contributed by atoms with van der Waals surface area (Å²) in [5.74, 6) is 0. The lowest BCUT2D eigenvalue weighted by molar-refractivity contribution is 0.0316. The molecule has 108 valence electrons. The molecule has 0 aliphatic carbocycles. The van der Waals surface area contributed by atoms with Crippen LogP contribution < -0.4 is 0 Å². The molecule has 0 aliphatic heterocycles. The van der Waals surface area contributed by atoms with Crippen molar-refractivity contribution in [3.05, 3.63) is 35.4 Å². The van der Waals surface area contributed by atoms with Gasteiger partial charge in [-0.05, 0) is 18.9 Å². The Hall–Kier alpha value is -0.420. The first-order valence-corrected chi connectivity index (χ1v) is 7.71. The number of aryl methyl sites for hydroxylation is 1. The van der Waals surface area contributed by atoms with E-state index in [0.29, 0.717) is 26.4 Å². The zero-order valence-electron chi connectivity index (χ0n) is 11.7. The van der Waals surface area contributed by atoms with Crippen molar-refractivity contribution in [3.63, 3.8) is 0 Å². The molecule has 0 aliphatic rings. The largest absolute Gasteiger partial charge is 0.382 e. The zero-order valence-corrected chi connectivity index (χ0v) is 13.3. The lowest BCUT2D eigenvalue weighted by Gasteiger charge is -2.16. The molecule has 0 bridgehead atoms. The summed E-state index contributed by atoms with van der Waals surface area (Å²) in [6, 6.07) is 8.47. The maximum atomic E-state index is 5.87. The van der Waals surface area contributed by atoms with Gasteiger partial charge in [-0.15, -0.1) is 0 Å². The van der Waals surface area contributed by atoms with Crippen LogP contribution >= 0.6 is 15.9 Å². The topological polar surface area (TPSA) is 27.7 Å². The summed E-state index contributed by atoms with van der Waals surface area (Å²) < 4.78 is 16.2. The maximum absolute atomic E-state index is 5.87. The van der Waals surface area contributed by atoms with Crippen molar-refractivity contribution in [2.75, 3.05) is 38.9 Å². The van der Waals surface area contributed by atoms with E-state index in [1.54, 1.807) is 7.11 Å². The Morgan fingerprint density at radius 2 is 1.79 bits per heavy atom. The van der Waals surface area contributed by atoms with E-state index in [0.717, 1.165) is 11.8 Å². The van der Waals surface area contributed by atoms with Crippen LogP contribution in [0.1, 0.15) is 23.7 Å². The fraction of sp³-hybridized carbons (Fsp3) is 0.600. The van der Waals surface area contributed by atoms with Crippen molar-refractivity contribution >= 4 is 15.9 Å². The Balaban J connectivity index is 2.20. The average molecular weight is 331 g/mol. The smallest absolute Gasteiger partial charge is 0.0921 e. The van der Waals surface area contributed by atoms with E-state index in [9.17, 15) is 0 Å². The lowest BCUT2D eigenvalue weighted by Crippen LogP contribution is -2.10. The number of hydrogen-bond acceptors (Lipinski definition) is 3. The molecule has 0 heterocycles. The first-order valence-electron chi connectivity index (χ1n) is 6.58. The van der Waals surface area contributed by atoms with Gasteiger partial charge in [0.2, 0.25) is 0 Å². The van der Waals surface area contributed by atoms with Crippen molar-refractivity contribution in [1.82, 2.24) is 0 Å². The van der Waals surface area contributed by atoms with Crippen molar-refractivity contribution in [3.8, 4) is 0 Å². The van der Waals surface area contributed by atoms with Crippen LogP contribution in [0.3, 0.4) is 0 Å². The SMILES string of the molecule is COCCOCCCOC(CBr)c1ccc(C)cc1. The summed E-state index contributed by atoms with van der Waals surface area (Å²) >= 11 is 3.50. The van der Waals surface area contributed by atoms with Gasteiger partial charge in [0.25, 0.3) is 0 Å². The number of rotatable bonds is 10. The van der Waals surface area contributed by atoms with Crippen LogP contribution in [0.15, 0.2) is 24.3 Å². The third-order valence-corrected chi connectivity index (χ3v) is 3.36. The van der Waals surface area contributed by atoms with Gasteiger partial charge in [-0.1, -0.05) is 45.8 Å². The third-order valence-electron chi connectivity index (χ3n) is 2.77. The molecule has 0 amide bonds. The molecule has 1 aromatic carbocycles. The molecule has 1 unspecified atom stereocenters. The van der Waals surface area contributed by atoms with Gasteiger partial charge in [0.1, 0.15) is 0 Å². The quantitative estimate of drug-likeness (QED) is 0.485. The van der Waals surface area contributed by atoms with Gasteiger partial charge in [-0.25, -0.2) is 0 Å². The van der Waals surface area contributed by atoms with Crippen LogP contribution in [0.2, 0.25) is 0 Å². The van der Waals surface area contributed by atoms with Crippen molar-refractivity contribution in [2.24, 2.45) is 0 Å². The van der Waals surface area contributed by atoms with Gasteiger partial charge in [0, 0.05) is 25.7 Å². The molecule has 19 heavy (non-hydrogen) atoms. The Morgan fingerprint density at radius 1 is 1.05 bits per heavy atom. The maximum Gasteiger partial charge on any atom is 0.0921 e. The molecule has 1 atom stereocenters. The number of methoxy groups -OCH3 is 1. The predicted molar refractivity (Wildman–Crippen MR) is 81.0 cm³/mol. The molecule has 3 nitrogen and oxygen atoms in total. The molecular formula is C15H23BrO3. The Morgan fingerprint density at radius 3 is 2.42 bits per heavy atom. The highest BCUT2D eigenvalue weighted by atomic mass is 79.9. The first-order chi connectivity index (χ1) is 9.27. The van der Waals surface area contributed by atoms with Crippen LogP contribution in [0, 0.1) is 6.92 Å². The molecule has 1 aromatic rings. The molecule has 0 N–H and O–H groups in total. The molecule has 0 spiro atoms. The van der Waals surface area contributed by atoms with E-state index in [2.05, 4.69) is 47.1 Å². The summed E-state index contributed by atoms with van der Waals surface area (Å²) in [6.07, 6.45) is 1.01. The van der Waals surface area contributed by atoms with E-state index in [1.807, 2.05) is 0 Å². The average Bonchev–Trinajstić information content (AvgIpc) is 2.43. The molecule has 0 fully saturated rings. The standard InChI is InChI=1S/C15H23BrO3/c1-13-4-6-14(7-5-13)15(12-16)19-9-3-8-18-11-10-17-2/h4-7,15H,3,8-12H2,1-2H3. The zero-order chi connectivity index (χ0) is 13.9. The molecule has 0 saturated carbocycles. The minimum Gasteiger partial charge on any atom is -0.382 e. The second-order valence-electron chi connectivity index (χ2n) is 4.38. The molecule has 4 heteroatoms. The molecule has 0 aromatic heterocycles. The lowest BCUT2D eigenvalue weighted by atomic mass is 10.1. The summed E-state index contributed by atoms with van der Waals surface area (Å²) in [4.78, 5) is 0. The highest BCUT2D eigenvalue weighted by Crippen LogP contribution is 2.20. The molecule has 1 rings (SSSR count). The summed E-state index contributed by atoms with van der Waals surface area (Å²) in [5, 5.41) is 0.806. The number of ether oxygens (including phenoxy) is 3. The molecule has 0 radical (unpaired) electrons. The van der Waals surface area contributed by atoms with Crippen LogP contribution in [0.25, 0.3) is 0 Å². The van der Waals surface area contributed by atoms with E-state index in [1.165, 1.54) is 11.1 Å². The fourth-order valence-electron chi connectivity index (χ4n) is 1.64. The summed E-state index contributed by atoms with van der Waals surface area (Å²) in [7, 11) is 1.68. The van der Waals surface area contributed by atoms with Crippen LogP contribution in [-0.2, 0) is 14.2 Å². The van der Waals surface area contributed by atoms with Gasteiger partial charge in [0.15, 0.2) is 0 Å². The Kier molecular flexibility index (Phi) is 9.08. The van der Waals surface area contributed by atoms with Crippen LogP contribution in [0.5, 0.6) is 0 Å². The fourth-order valence-corrected chi connectivity index (χ4v) is 2.20. The minimum atomic E-state index is 0.111. The monoisotopic (exact) mass is 330 g/mol. The first kappa shape index (κ1) is 16.6. The second-order valence-corrected chi connectivity index (χ2v) is 5.03. The van der Waals surface area contributed by atoms with Crippen molar-refractivity contribution in [2.45, 2.75) is 19.4 Å². The Labute approximate surface area is 124 Å². The number of hydrogen-bond donors (Lipinski definition) is 0. The van der Waals surface area contributed by atoms with Crippen LogP contribution in [-0.4, -0.2) is 38.9 Å². The van der Waals surface area contributed by atoms with Crippen molar-refractivity contribution < 1.29 is 14.2 Å². The predicted octanol–water partition coefficient (Wildman–Crippen LogP) is 3.50. The van der Waals surface area contributed by atoms with E-state index >= 15 is 0 Å². The number of alkyl halides is 1. The highest BCUT2D eigenvalue weighted by Gasteiger charge is 2.09. The van der Waals surface area contributed by atoms with E-state index in [-0.39, 0.29) is 6.10 Å². The normalized spacial score (nSPS) is 12.6. The number of halogens is 1. The van der Waals surface area contributed by atoms with Gasteiger partial charge >= 0.3 is 0 Å². The highest BCUT2D eigenvalue weighted by molar-refractivity contribution is 9.09. The number of benzene rings is 1. The minimum absolute atomic E-state index is 0.111. The summed E-state index contributed by atoms with van der Waals surface area (Å²) in [5.41, 5.74) is 2.48. The van der Waals surface area contributed by atoms with Gasteiger partial charge in [-0.2, -0.15) is 0 Å². The molecule has 0 saturated heterocycles. The van der Waals surface area contributed by atoms with Gasteiger partial charge in [-0.3, -0.25) is 0 Å². The van der Waals surface area contributed by atoms with Gasteiger partial charge in [0.05, 0.1) is 19.3 Å². The van der Waals surface area contributed by atoms with Crippen molar-refractivity contribution in [1.29, 1.82) is 0 Å². The van der Waals surface area contributed by atoms with Gasteiger partial charge < -0.3 is 14.2 Å². The van der Waals surface area contributed by atoms with E-state index < -0.39 is 0 Å². The van der Waals surface area contributed by atoms with Crippen LogP contribution in [0.4, 0.5) is 0 Å². The third kappa shape index (κ3) is 7.06. The molecular weight excluding hydrogens is 308 g/mol. The second kappa shape index (κ2) is 10.4. The summed E-state index contributed by atoms with van der Waals surface area (Å²) in [6.45, 7) is 4.80.